The Morgan fingerprint density at radius 1 is 0.938 bits per heavy atom. The number of carbonyl (C=O) groups is 1. The molecular weight excluding hydrogens is 531 g/mol. The van der Waals surface area contributed by atoms with Crippen LogP contribution in [0.2, 0.25) is 0 Å². The number of aryl methyl sites for hydroxylation is 2. The van der Waals surface area contributed by atoms with Crippen molar-refractivity contribution in [3.05, 3.63) is 98.6 Å². The Hall–Kier alpha value is -2.25. The number of aliphatic carboxylic acids is 1. The third-order valence-electron chi connectivity index (χ3n) is 5.14. The lowest BCUT2D eigenvalue weighted by Gasteiger charge is -2.11. The van der Waals surface area contributed by atoms with Crippen LogP contribution in [0.3, 0.4) is 0 Å². The first kappa shape index (κ1) is 24.4. The van der Waals surface area contributed by atoms with Gasteiger partial charge in [0.25, 0.3) is 0 Å². The lowest BCUT2D eigenvalue weighted by molar-refractivity contribution is -0.139. The quantitative estimate of drug-likeness (QED) is 0.213. The largest absolute Gasteiger partial charge is 0.482 e. The maximum Gasteiger partial charge on any atom is 0.341 e. The first-order valence-electron chi connectivity index (χ1n) is 10.7. The number of hydrogen-bond acceptors (Lipinski definition) is 3. The van der Waals surface area contributed by atoms with E-state index in [1.807, 2.05) is 18.2 Å². The van der Waals surface area contributed by atoms with E-state index in [1.165, 1.54) is 27.8 Å². The number of hydrogen-bond donors (Lipinski definition) is 1. The minimum atomic E-state index is -0.977. The molecule has 0 unspecified atom stereocenters. The van der Waals surface area contributed by atoms with Gasteiger partial charge in [-0.1, -0.05) is 68.5 Å². The molecule has 0 fully saturated rings. The van der Waals surface area contributed by atoms with Crippen LogP contribution < -0.4 is 4.74 Å². The number of halogens is 1. The van der Waals surface area contributed by atoms with Gasteiger partial charge in [0.2, 0.25) is 0 Å². The standard InChI is InChI=1S/C27H27IO3S/c1-3-19-5-9-21(10-6-19)24(22-11-7-20(4-2)8-12-22)15-16-32-26-14-13-23(17-25(26)28)31-18-27(29)30/h5-15,17H,3-4,16,18H2,1-2H3,(H,29,30). The van der Waals surface area contributed by atoms with E-state index in [2.05, 4.69) is 91.0 Å². The molecule has 1 N–H and O–H groups in total. The monoisotopic (exact) mass is 558 g/mol. The molecule has 0 aliphatic rings. The van der Waals surface area contributed by atoms with Gasteiger partial charge >= 0.3 is 5.97 Å². The molecular formula is C27H27IO3S. The molecule has 0 heterocycles. The number of carboxylic acid groups (broad SMARTS) is 1. The lowest BCUT2D eigenvalue weighted by atomic mass is 9.95. The molecule has 0 aliphatic heterocycles. The predicted octanol–water partition coefficient (Wildman–Crippen LogP) is 7.10. The van der Waals surface area contributed by atoms with Crippen LogP contribution in [-0.4, -0.2) is 23.4 Å². The van der Waals surface area contributed by atoms with Crippen LogP contribution in [0.25, 0.3) is 5.57 Å². The highest BCUT2D eigenvalue weighted by Crippen LogP contribution is 2.30. The normalized spacial score (nSPS) is 10.6. The van der Waals surface area contributed by atoms with Gasteiger partial charge in [-0.15, -0.1) is 11.8 Å². The van der Waals surface area contributed by atoms with Crippen molar-refractivity contribution in [1.82, 2.24) is 0 Å². The summed E-state index contributed by atoms with van der Waals surface area (Å²) in [6.45, 7) is 4.01. The van der Waals surface area contributed by atoms with Gasteiger partial charge in [-0.25, -0.2) is 4.79 Å². The van der Waals surface area contributed by atoms with Crippen molar-refractivity contribution >= 4 is 45.9 Å². The van der Waals surface area contributed by atoms with Crippen molar-refractivity contribution in [2.75, 3.05) is 12.4 Å². The molecule has 0 atom stereocenters. The predicted molar refractivity (Wildman–Crippen MR) is 142 cm³/mol. The molecule has 0 spiro atoms. The summed E-state index contributed by atoms with van der Waals surface area (Å²) in [5.74, 6) is 0.422. The fourth-order valence-corrected chi connectivity index (χ4v) is 5.04. The Bertz CT molecular complexity index is 1020. The van der Waals surface area contributed by atoms with Crippen LogP contribution in [0.1, 0.15) is 36.1 Å². The minimum absolute atomic E-state index is 0.331. The summed E-state index contributed by atoms with van der Waals surface area (Å²) in [4.78, 5) is 11.8. The van der Waals surface area contributed by atoms with Gasteiger partial charge in [0.05, 0.1) is 0 Å². The summed E-state index contributed by atoms with van der Waals surface area (Å²) in [7, 11) is 0. The Kier molecular flexibility index (Phi) is 9.23. The SMILES string of the molecule is CCc1ccc(C(=CCSc2ccc(OCC(=O)O)cc2I)c2ccc(CC)cc2)cc1. The molecule has 3 aromatic carbocycles. The third-order valence-corrected chi connectivity index (χ3v) is 7.40. The molecule has 0 radical (unpaired) electrons. The Labute approximate surface area is 208 Å². The summed E-state index contributed by atoms with van der Waals surface area (Å²) >= 11 is 4.03. The molecule has 0 saturated carbocycles. The summed E-state index contributed by atoms with van der Waals surface area (Å²) in [5, 5.41) is 8.78. The van der Waals surface area contributed by atoms with Crippen molar-refractivity contribution in [1.29, 1.82) is 0 Å². The summed E-state index contributed by atoms with van der Waals surface area (Å²) < 4.78 is 6.32. The summed E-state index contributed by atoms with van der Waals surface area (Å²) in [6.07, 6.45) is 4.35. The molecule has 3 rings (SSSR count). The van der Waals surface area contributed by atoms with Gasteiger partial charge in [-0.05, 0) is 81.5 Å². The van der Waals surface area contributed by atoms with Crippen molar-refractivity contribution in [3.8, 4) is 5.75 Å². The number of thioether (sulfide) groups is 1. The molecule has 3 aromatic rings. The lowest BCUT2D eigenvalue weighted by Crippen LogP contribution is -2.09. The van der Waals surface area contributed by atoms with Crippen molar-refractivity contribution in [2.24, 2.45) is 0 Å². The smallest absolute Gasteiger partial charge is 0.341 e. The van der Waals surface area contributed by atoms with E-state index < -0.39 is 5.97 Å². The van der Waals surface area contributed by atoms with E-state index in [0.29, 0.717) is 5.75 Å². The first-order chi connectivity index (χ1) is 15.5. The first-order valence-corrected chi connectivity index (χ1v) is 12.7. The van der Waals surface area contributed by atoms with E-state index in [1.54, 1.807) is 11.8 Å². The topological polar surface area (TPSA) is 46.5 Å². The average Bonchev–Trinajstić information content (AvgIpc) is 2.82. The van der Waals surface area contributed by atoms with Crippen LogP contribution >= 0.6 is 34.4 Å². The summed E-state index contributed by atoms with van der Waals surface area (Å²) in [6, 6.07) is 23.3. The number of rotatable bonds is 10. The van der Waals surface area contributed by atoms with Gasteiger partial charge in [-0.2, -0.15) is 0 Å². The van der Waals surface area contributed by atoms with Crippen LogP contribution in [0.4, 0.5) is 0 Å². The Balaban J connectivity index is 1.80. The molecule has 3 nitrogen and oxygen atoms in total. The van der Waals surface area contributed by atoms with E-state index in [4.69, 9.17) is 9.84 Å². The maximum atomic E-state index is 10.7. The van der Waals surface area contributed by atoms with Crippen molar-refractivity contribution < 1.29 is 14.6 Å². The zero-order valence-corrected chi connectivity index (χ0v) is 21.3. The highest BCUT2D eigenvalue weighted by Gasteiger charge is 2.08. The molecule has 0 aliphatic carbocycles. The van der Waals surface area contributed by atoms with Crippen molar-refractivity contribution in [3.63, 3.8) is 0 Å². The third kappa shape index (κ3) is 6.87. The average molecular weight is 558 g/mol. The van der Waals surface area contributed by atoms with E-state index in [0.717, 1.165) is 27.1 Å². The fourth-order valence-electron chi connectivity index (χ4n) is 3.29. The van der Waals surface area contributed by atoms with Crippen LogP contribution in [0.15, 0.2) is 77.7 Å². The second kappa shape index (κ2) is 12.1. The van der Waals surface area contributed by atoms with Crippen LogP contribution in [0.5, 0.6) is 5.75 Å². The highest BCUT2D eigenvalue weighted by molar-refractivity contribution is 14.1. The zero-order valence-electron chi connectivity index (χ0n) is 18.3. The second-order valence-electron chi connectivity index (χ2n) is 7.30. The van der Waals surface area contributed by atoms with Crippen LogP contribution in [0, 0.1) is 3.57 Å². The summed E-state index contributed by atoms with van der Waals surface area (Å²) in [5.41, 5.74) is 6.35. The molecule has 32 heavy (non-hydrogen) atoms. The molecule has 166 valence electrons. The second-order valence-corrected chi connectivity index (χ2v) is 9.53. The van der Waals surface area contributed by atoms with E-state index >= 15 is 0 Å². The van der Waals surface area contributed by atoms with Crippen LogP contribution in [-0.2, 0) is 17.6 Å². The zero-order chi connectivity index (χ0) is 22.9. The molecule has 0 aromatic heterocycles. The Morgan fingerprint density at radius 3 is 1.97 bits per heavy atom. The number of carboxylic acids is 1. The Morgan fingerprint density at radius 2 is 1.50 bits per heavy atom. The number of ether oxygens (including phenoxy) is 1. The van der Waals surface area contributed by atoms with Gasteiger partial charge in [-0.3, -0.25) is 0 Å². The van der Waals surface area contributed by atoms with Gasteiger partial charge < -0.3 is 9.84 Å². The maximum absolute atomic E-state index is 10.7. The van der Waals surface area contributed by atoms with Crippen molar-refractivity contribution in [2.45, 2.75) is 31.6 Å². The van der Waals surface area contributed by atoms with Gasteiger partial charge in [0.1, 0.15) is 5.75 Å². The highest BCUT2D eigenvalue weighted by atomic mass is 127. The molecule has 0 amide bonds. The minimum Gasteiger partial charge on any atom is -0.482 e. The molecule has 0 saturated heterocycles. The van der Waals surface area contributed by atoms with E-state index in [-0.39, 0.29) is 6.61 Å². The molecule has 5 heteroatoms. The number of benzene rings is 3. The molecule has 0 bridgehead atoms. The van der Waals surface area contributed by atoms with Gasteiger partial charge in [0, 0.05) is 14.2 Å². The van der Waals surface area contributed by atoms with Gasteiger partial charge in [0.15, 0.2) is 6.61 Å². The fraction of sp³-hybridized carbons (Fsp3) is 0.222. The van der Waals surface area contributed by atoms with E-state index in [9.17, 15) is 4.79 Å².